The zero-order valence-corrected chi connectivity index (χ0v) is 29.9. The van der Waals surface area contributed by atoms with Gasteiger partial charge in [-0.1, -0.05) is 194 Å². The van der Waals surface area contributed by atoms with Gasteiger partial charge in [-0.05, 0) is 33.7 Å². The molecule has 0 amide bonds. The Labute approximate surface area is 319 Å². The maximum Gasteiger partial charge on any atom is 0.160 e. The van der Waals surface area contributed by atoms with Gasteiger partial charge in [-0.3, -0.25) is 0 Å². The third-order valence-corrected chi connectivity index (χ3v) is 10.3. The molecule has 0 radical (unpaired) electrons. The van der Waals surface area contributed by atoms with Gasteiger partial charge >= 0.3 is 0 Å². The van der Waals surface area contributed by atoms with E-state index in [2.05, 4.69) is 180 Å². The maximum atomic E-state index is 5.13. The van der Waals surface area contributed by atoms with E-state index in [-0.39, 0.29) is 0 Å². The molecule has 4 heteroatoms. The third kappa shape index (κ3) is 5.96. The van der Waals surface area contributed by atoms with Crippen molar-refractivity contribution in [3.63, 3.8) is 0 Å². The van der Waals surface area contributed by atoms with Gasteiger partial charge in [0.05, 0.1) is 28.8 Å². The number of rotatable bonds is 7. The maximum absolute atomic E-state index is 5.13. The highest BCUT2D eigenvalue weighted by atomic mass is 15.2. The van der Waals surface area contributed by atoms with E-state index in [1.165, 1.54) is 16.5 Å². The molecule has 0 N–H and O–H groups in total. The normalized spacial score (nSPS) is 11.3. The van der Waals surface area contributed by atoms with Crippen molar-refractivity contribution in [3.8, 4) is 78.5 Å². The molecule has 0 saturated carbocycles. The predicted octanol–water partition coefficient (Wildman–Crippen LogP) is 12.9. The van der Waals surface area contributed by atoms with Crippen LogP contribution in [0.15, 0.2) is 206 Å². The summed E-state index contributed by atoms with van der Waals surface area (Å²) in [5.41, 5.74) is 14.9. The monoisotopic (exact) mass is 702 g/mol. The minimum Gasteiger partial charge on any atom is -0.231 e. The second kappa shape index (κ2) is 13.8. The van der Waals surface area contributed by atoms with Crippen LogP contribution >= 0.6 is 0 Å². The first-order valence-electron chi connectivity index (χ1n) is 18.5. The lowest BCUT2D eigenvalue weighted by atomic mass is 9.91. The van der Waals surface area contributed by atoms with Crippen molar-refractivity contribution in [1.29, 1.82) is 0 Å². The third-order valence-electron chi connectivity index (χ3n) is 10.3. The van der Waals surface area contributed by atoms with Gasteiger partial charge in [0.15, 0.2) is 5.82 Å². The van der Waals surface area contributed by atoms with Crippen LogP contribution in [0.3, 0.4) is 0 Å². The van der Waals surface area contributed by atoms with E-state index in [0.717, 1.165) is 72.5 Å². The highest BCUT2D eigenvalue weighted by molar-refractivity contribution is 6.13. The first-order chi connectivity index (χ1) is 27.3. The molecule has 0 aliphatic heterocycles. The van der Waals surface area contributed by atoms with Crippen molar-refractivity contribution in [2.24, 2.45) is 0 Å². The van der Waals surface area contributed by atoms with Crippen molar-refractivity contribution in [1.82, 2.24) is 19.6 Å². The zero-order valence-electron chi connectivity index (χ0n) is 29.9. The molecule has 0 fully saturated rings. The van der Waals surface area contributed by atoms with Crippen LogP contribution in [-0.4, -0.2) is 19.6 Å². The molecular weight excluding hydrogens is 669 g/mol. The minimum absolute atomic E-state index is 0.694. The second-order valence-electron chi connectivity index (χ2n) is 13.7. The average Bonchev–Trinajstić information content (AvgIpc) is 3.73. The highest BCUT2D eigenvalue weighted by Gasteiger charge is 2.21. The molecule has 0 atom stereocenters. The summed E-state index contributed by atoms with van der Waals surface area (Å²) in [5, 5.41) is 7.40. The van der Waals surface area contributed by atoms with Crippen molar-refractivity contribution < 1.29 is 0 Å². The molecule has 4 nitrogen and oxygen atoms in total. The van der Waals surface area contributed by atoms with Crippen LogP contribution in [0, 0.1) is 0 Å². The topological polar surface area (TPSA) is 43.1 Å². The van der Waals surface area contributed by atoms with Crippen LogP contribution in [0.25, 0.3) is 94.8 Å². The Bertz CT molecular complexity index is 2920. The molecule has 10 aromatic rings. The van der Waals surface area contributed by atoms with Gasteiger partial charge < -0.3 is 0 Å². The molecule has 0 unspecified atom stereocenters. The van der Waals surface area contributed by atoms with Gasteiger partial charge in [0.1, 0.15) is 0 Å². The van der Waals surface area contributed by atoms with E-state index >= 15 is 0 Å². The molecule has 0 saturated heterocycles. The summed E-state index contributed by atoms with van der Waals surface area (Å²) in [5.74, 6) is 0.694. The lowest BCUT2D eigenvalue weighted by molar-refractivity contribution is 0.976. The molecule has 0 aliphatic rings. The van der Waals surface area contributed by atoms with E-state index in [1.807, 2.05) is 30.5 Å². The number of pyridine rings is 1. The number of hydrogen-bond donors (Lipinski definition) is 0. The van der Waals surface area contributed by atoms with Gasteiger partial charge in [-0.25, -0.2) is 14.5 Å². The van der Waals surface area contributed by atoms with Gasteiger partial charge in [0.25, 0.3) is 0 Å². The molecular formula is C51H34N4. The summed E-state index contributed by atoms with van der Waals surface area (Å²) >= 11 is 0. The van der Waals surface area contributed by atoms with Crippen molar-refractivity contribution >= 4 is 16.3 Å². The van der Waals surface area contributed by atoms with Crippen LogP contribution < -0.4 is 0 Å². The van der Waals surface area contributed by atoms with Gasteiger partial charge in [0, 0.05) is 38.8 Å². The number of hydrogen-bond acceptors (Lipinski definition) is 3. The first kappa shape index (κ1) is 32.2. The van der Waals surface area contributed by atoms with Crippen LogP contribution in [-0.2, 0) is 0 Å². The Balaban J connectivity index is 1.12. The zero-order chi connectivity index (χ0) is 36.6. The minimum atomic E-state index is 0.694. The van der Waals surface area contributed by atoms with Crippen LogP contribution in [0.5, 0.6) is 0 Å². The first-order valence-corrected chi connectivity index (χ1v) is 18.5. The molecule has 7 aromatic carbocycles. The molecule has 0 aliphatic carbocycles. The summed E-state index contributed by atoms with van der Waals surface area (Å²) in [6.07, 6.45) is 2.00. The quantitative estimate of drug-likeness (QED) is 0.166. The SMILES string of the molecule is c1ccc(-c2ccc(-c3cc(-c4ccc(-c5c(-c6ccccc6)n6ncc(-c7ccccc7)c6c6ccccc56)cc4)nc(-c4ccccc4)n3)cc2)cc1. The van der Waals surface area contributed by atoms with Crippen LogP contribution in [0.4, 0.5) is 0 Å². The molecule has 3 heterocycles. The Morgan fingerprint density at radius 3 is 1.36 bits per heavy atom. The van der Waals surface area contributed by atoms with Crippen LogP contribution in [0.1, 0.15) is 0 Å². The smallest absolute Gasteiger partial charge is 0.160 e. The highest BCUT2D eigenvalue weighted by Crippen LogP contribution is 2.43. The molecule has 3 aromatic heterocycles. The number of benzene rings is 7. The van der Waals surface area contributed by atoms with E-state index in [4.69, 9.17) is 15.1 Å². The van der Waals surface area contributed by atoms with Crippen LogP contribution in [0.2, 0.25) is 0 Å². The fourth-order valence-corrected chi connectivity index (χ4v) is 7.63. The Morgan fingerprint density at radius 2 is 0.782 bits per heavy atom. The Kier molecular flexibility index (Phi) is 8.12. The second-order valence-corrected chi connectivity index (χ2v) is 13.7. The summed E-state index contributed by atoms with van der Waals surface area (Å²) in [6.45, 7) is 0. The largest absolute Gasteiger partial charge is 0.231 e. The summed E-state index contributed by atoms with van der Waals surface area (Å²) in [4.78, 5) is 10.2. The van der Waals surface area contributed by atoms with E-state index in [1.54, 1.807) is 0 Å². The lowest BCUT2D eigenvalue weighted by Crippen LogP contribution is -2.00. The number of nitrogens with zero attached hydrogens (tertiary/aromatic N) is 4. The Hall–Kier alpha value is -7.43. The molecule has 0 spiro atoms. The Morgan fingerprint density at radius 1 is 0.345 bits per heavy atom. The van der Waals surface area contributed by atoms with Gasteiger partial charge in [-0.15, -0.1) is 0 Å². The number of aromatic nitrogens is 4. The van der Waals surface area contributed by atoms with Crippen molar-refractivity contribution in [2.45, 2.75) is 0 Å². The summed E-state index contributed by atoms with van der Waals surface area (Å²) in [7, 11) is 0. The standard InChI is InChI=1S/C51H34N4/c1-5-15-35(16-6-1)36-25-27-38(28-26-36)46-33-47(54-51(53-46)42-21-11-4-12-22-42)39-29-31-40(32-30-39)48-43-23-13-14-24-44(43)50-45(37-17-7-2-8-18-37)34-52-55(50)49(48)41-19-9-3-10-20-41/h1-34H. The van der Waals surface area contributed by atoms with E-state index in [9.17, 15) is 0 Å². The van der Waals surface area contributed by atoms with E-state index in [0.29, 0.717) is 5.82 Å². The van der Waals surface area contributed by atoms with Crippen molar-refractivity contribution in [2.75, 3.05) is 0 Å². The number of fused-ring (bicyclic) bond motifs is 3. The fourth-order valence-electron chi connectivity index (χ4n) is 7.63. The summed E-state index contributed by atoms with van der Waals surface area (Å²) < 4.78 is 2.13. The summed E-state index contributed by atoms with van der Waals surface area (Å²) in [6, 6.07) is 70.0. The molecule has 10 rings (SSSR count). The van der Waals surface area contributed by atoms with Crippen molar-refractivity contribution in [3.05, 3.63) is 206 Å². The predicted molar refractivity (Wildman–Crippen MR) is 226 cm³/mol. The molecule has 258 valence electrons. The van der Waals surface area contributed by atoms with Gasteiger partial charge in [-0.2, -0.15) is 5.10 Å². The lowest BCUT2D eigenvalue weighted by Gasteiger charge is -2.18. The fraction of sp³-hybridized carbons (Fsp3) is 0. The van der Waals surface area contributed by atoms with Gasteiger partial charge in [0.2, 0.25) is 0 Å². The van der Waals surface area contributed by atoms with E-state index < -0.39 is 0 Å². The molecule has 55 heavy (non-hydrogen) atoms. The molecule has 0 bridgehead atoms. The average molecular weight is 703 g/mol.